The predicted octanol–water partition coefficient (Wildman–Crippen LogP) is 1.68. The highest BCUT2D eigenvalue weighted by molar-refractivity contribution is 5.96. The molecule has 5 heteroatoms. The van der Waals surface area contributed by atoms with Crippen molar-refractivity contribution in [2.24, 2.45) is 0 Å². The Hall–Kier alpha value is -1.75. The number of benzene rings is 1. The van der Waals surface area contributed by atoms with Crippen molar-refractivity contribution in [3.8, 4) is 0 Å². The number of hydrogen-bond acceptors (Lipinski definition) is 3. The van der Waals surface area contributed by atoms with Crippen LogP contribution in [0, 0.1) is 5.82 Å². The van der Waals surface area contributed by atoms with Gasteiger partial charge in [0.15, 0.2) is 5.78 Å². The van der Waals surface area contributed by atoms with Gasteiger partial charge in [-0.1, -0.05) is 0 Å². The number of carbonyl (C=O) groups excluding carboxylic acids is 2. The first kappa shape index (κ1) is 15.3. The zero-order chi connectivity index (χ0) is 14.3. The van der Waals surface area contributed by atoms with Crippen molar-refractivity contribution in [3.63, 3.8) is 0 Å². The number of rotatable bonds is 7. The molecule has 0 aliphatic heterocycles. The van der Waals surface area contributed by atoms with Crippen molar-refractivity contribution in [3.05, 3.63) is 35.6 Å². The van der Waals surface area contributed by atoms with E-state index in [0.29, 0.717) is 12.0 Å². The molecular weight excluding hydrogens is 249 g/mol. The molecule has 0 spiro atoms. The lowest BCUT2D eigenvalue weighted by Crippen LogP contribution is -2.30. The maximum atomic E-state index is 12.7. The topological polar surface area (TPSA) is 66.4 Å². The molecule has 0 aliphatic rings. The lowest BCUT2D eigenvalue weighted by Gasteiger charge is -2.06. The number of aliphatic hydroxyl groups is 1. The first-order valence-electron chi connectivity index (χ1n) is 6.22. The molecular formula is C14H18FNO3. The summed E-state index contributed by atoms with van der Waals surface area (Å²) in [6, 6.07) is 5.35. The molecule has 2 N–H and O–H groups in total. The van der Waals surface area contributed by atoms with Gasteiger partial charge < -0.3 is 10.4 Å². The summed E-state index contributed by atoms with van der Waals surface area (Å²) in [7, 11) is 0. The Bertz CT molecular complexity index is 429. The third-order valence-corrected chi connectivity index (χ3v) is 2.57. The maximum absolute atomic E-state index is 12.7. The Balaban J connectivity index is 2.27. The molecule has 0 radical (unpaired) electrons. The molecule has 0 bridgehead atoms. The molecule has 1 aromatic rings. The molecule has 0 saturated carbocycles. The molecule has 0 heterocycles. The molecule has 1 atom stereocenters. The van der Waals surface area contributed by atoms with E-state index in [-0.39, 0.29) is 36.9 Å². The van der Waals surface area contributed by atoms with Gasteiger partial charge in [0.2, 0.25) is 5.91 Å². The van der Waals surface area contributed by atoms with Crippen LogP contribution in [0.2, 0.25) is 0 Å². The fraction of sp³-hybridized carbons (Fsp3) is 0.429. The molecule has 1 amide bonds. The van der Waals surface area contributed by atoms with Crippen LogP contribution in [0.5, 0.6) is 0 Å². The van der Waals surface area contributed by atoms with Crippen molar-refractivity contribution in [2.45, 2.75) is 32.3 Å². The highest BCUT2D eigenvalue weighted by Gasteiger charge is 2.08. The van der Waals surface area contributed by atoms with Gasteiger partial charge in [-0.3, -0.25) is 9.59 Å². The molecule has 4 nitrogen and oxygen atoms in total. The average molecular weight is 267 g/mol. The first-order valence-corrected chi connectivity index (χ1v) is 6.22. The van der Waals surface area contributed by atoms with Crippen molar-refractivity contribution >= 4 is 11.7 Å². The van der Waals surface area contributed by atoms with Gasteiger partial charge in [-0.15, -0.1) is 0 Å². The van der Waals surface area contributed by atoms with Crippen LogP contribution in [0.1, 0.15) is 36.5 Å². The minimum Gasteiger partial charge on any atom is -0.392 e. The Morgan fingerprint density at radius 2 is 1.89 bits per heavy atom. The second kappa shape index (κ2) is 7.63. The van der Waals surface area contributed by atoms with E-state index in [1.165, 1.54) is 24.3 Å². The van der Waals surface area contributed by atoms with Crippen LogP contribution in [-0.2, 0) is 4.79 Å². The van der Waals surface area contributed by atoms with Gasteiger partial charge in [0.25, 0.3) is 0 Å². The smallest absolute Gasteiger partial charge is 0.220 e. The van der Waals surface area contributed by atoms with Crippen molar-refractivity contribution in [1.29, 1.82) is 0 Å². The number of hydrogen-bond donors (Lipinski definition) is 2. The molecule has 104 valence electrons. The first-order chi connectivity index (χ1) is 8.99. The molecule has 0 fully saturated rings. The summed E-state index contributed by atoms with van der Waals surface area (Å²) in [4.78, 5) is 23.0. The van der Waals surface area contributed by atoms with E-state index >= 15 is 0 Å². The van der Waals surface area contributed by atoms with Crippen molar-refractivity contribution < 1.29 is 19.1 Å². The van der Waals surface area contributed by atoms with Gasteiger partial charge in [0.1, 0.15) is 5.82 Å². The van der Waals surface area contributed by atoms with E-state index in [0.717, 1.165) is 0 Å². The second-order valence-corrected chi connectivity index (χ2v) is 4.44. The summed E-state index contributed by atoms with van der Waals surface area (Å²) in [6.07, 6.45) is 0.333. The van der Waals surface area contributed by atoms with Gasteiger partial charge >= 0.3 is 0 Å². The van der Waals surface area contributed by atoms with Gasteiger partial charge in [-0.25, -0.2) is 4.39 Å². The molecule has 1 unspecified atom stereocenters. The summed E-state index contributed by atoms with van der Waals surface area (Å²) in [5.74, 6) is -0.676. The van der Waals surface area contributed by atoms with Gasteiger partial charge in [-0.2, -0.15) is 0 Å². The number of halogens is 1. The van der Waals surface area contributed by atoms with Crippen LogP contribution >= 0.6 is 0 Å². The second-order valence-electron chi connectivity index (χ2n) is 4.44. The lowest BCUT2D eigenvalue weighted by atomic mass is 10.1. The fourth-order valence-corrected chi connectivity index (χ4v) is 1.54. The fourth-order valence-electron chi connectivity index (χ4n) is 1.54. The van der Waals surface area contributed by atoms with E-state index in [1.54, 1.807) is 6.92 Å². The number of carbonyl (C=O) groups is 2. The van der Waals surface area contributed by atoms with E-state index in [2.05, 4.69) is 5.32 Å². The van der Waals surface area contributed by atoms with E-state index in [1.807, 2.05) is 0 Å². The Morgan fingerprint density at radius 1 is 1.26 bits per heavy atom. The number of amides is 1. The van der Waals surface area contributed by atoms with Gasteiger partial charge in [0, 0.05) is 24.9 Å². The summed E-state index contributed by atoms with van der Waals surface area (Å²) < 4.78 is 12.7. The number of aliphatic hydroxyl groups excluding tert-OH is 1. The zero-order valence-electron chi connectivity index (χ0n) is 10.9. The van der Waals surface area contributed by atoms with Crippen molar-refractivity contribution in [2.75, 3.05) is 6.54 Å². The molecule has 0 saturated heterocycles. The highest BCUT2D eigenvalue weighted by Crippen LogP contribution is 2.08. The Kier molecular flexibility index (Phi) is 6.15. The van der Waals surface area contributed by atoms with E-state index in [9.17, 15) is 14.0 Å². The minimum atomic E-state index is -0.579. The lowest BCUT2D eigenvalue weighted by molar-refractivity contribution is -0.121. The SMILES string of the molecule is CC(O)CNC(=O)CCCC(=O)c1ccc(F)cc1. The molecule has 0 aromatic heterocycles. The number of Topliss-reactive ketones (excluding diaryl/α,β-unsaturated/α-hetero) is 1. The maximum Gasteiger partial charge on any atom is 0.220 e. The van der Waals surface area contributed by atoms with Crippen LogP contribution in [0.15, 0.2) is 24.3 Å². The van der Waals surface area contributed by atoms with Crippen LogP contribution < -0.4 is 5.32 Å². The zero-order valence-corrected chi connectivity index (χ0v) is 10.9. The van der Waals surface area contributed by atoms with E-state index < -0.39 is 6.10 Å². The summed E-state index contributed by atoms with van der Waals surface area (Å²) in [5, 5.41) is 11.5. The van der Waals surface area contributed by atoms with E-state index in [4.69, 9.17) is 5.11 Å². The van der Waals surface area contributed by atoms with Crippen molar-refractivity contribution in [1.82, 2.24) is 5.32 Å². The highest BCUT2D eigenvalue weighted by atomic mass is 19.1. The summed E-state index contributed by atoms with van der Waals surface area (Å²) in [5.41, 5.74) is 0.450. The monoisotopic (exact) mass is 267 g/mol. The molecule has 0 aliphatic carbocycles. The van der Waals surface area contributed by atoms with Crippen LogP contribution in [0.4, 0.5) is 4.39 Å². The third-order valence-electron chi connectivity index (χ3n) is 2.57. The minimum absolute atomic E-state index is 0.108. The van der Waals surface area contributed by atoms with Crippen LogP contribution in [0.3, 0.4) is 0 Å². The molecule has 19 heavy (non-hydrogen) atoms. The number of nitrogens with one attached hydrogen (secondary N) is 1. The van der Waals surface area contributed by atoms with Crippen LogP contribution in [0.25, 0.3) is 0 Å². The normalized spacial score (nSPS) is 11.9. The van der Waals surface area contributed by atoms with Gasteiger partial charge in [0.05, 0.1) is 6.10 Å². The quantitative estimate of drug-likeness (QED) is 0.739. The summed E-state index contributed by atoms with van der Waals surface area (Å²) >= 11 is 0. The Morgan fingerprint density at radius 3 is 2.47 bits per heavy atom. The summed E-state index contributed by atoms with van der Waals surface area (Å²) in [6.45, 7) is 1.79. The largest absolute Gasteiger partial charge is 0.392 e. The van der Waals surface area contributed by atoms with Crippen LogP contribution in [-0.4, -0.2) is 29.4 Å². The third kappa shape index (κ3) is 6.10. The average Bonchev–Trinajstić information content (AvgIpc) is 2.37. The molecule has 1 rings (SSSR count). The number of ketones is 1. The predicted molar refractivity (Wildman–Crippen MR) is 69.3 cm³/mol. The Labute approximate surface area is 111 Å². The standard InChI is InChI=1S/C14H18FNO3/c1-10(17)9-16-14(19)4-2-3-13(18)11-5-7-12(15)8-6-11/h5-8,10,17H,2-4,9H2,1H3,(H,16,19). The van der Waals surface area contributed by atoms with Gasteiger partial charge in [-0.05, 0) is 37.6 Å². The molecule has 1 aromatic carbocycles.